The van der Waals surface area contributed by atoms with Crippen molar-refractivity contribution >= 4 is 58.8 Å². The lowest BCUT2D eigenvalue weighted by Crippen LogP contribution is -2.82. The molecule has 6 rings (SSSR count). The minimum Gasteiger partial charge on any atom is -0.456 e. The van der Waals surface area contributed by atoms with Crippen molar-refractivity contribution in [1.82, 2.24) is 5.32 Å². The molecule has 17 heteroatoms. The second-order valence-corrected chi connectivity index (χ2v) is 19.1. The van der Waals surface area contributed by atoms with Gasteiger partial charge >= 0.3 is 23.9 Å². The predicted octanol–water partition coefficient (Wildman–Crippen LogP) is 4.05. The second kappa shape index (κ2) is 17.0. The summed E-state index contributed by atoms with van der Waals surface area (Å²) in [5.41, 5.74) is -7.49. The van der Waals surface area contributed by atoms with Gasteiger partial charge < -0.3 is 44.3 Å². The van der Waals surface area contributed by atoms with E-state index in [1.165, 1.54) is 39.8 Å². The van der Waals surface area contributed by atoms with Crippen LogP contribution in [-0.4, -0.2) is 116 Å². The van der Waals surface area contributed by atoms with Crippen LogP contribution in [0.3, 0.4) is 0 Å². The Morgan fingerprint density at radius 3 is 2.08 bits per heavy atom. The van der Waals surface area contributed by atoms with E-state index in [9.17, 15) is 39.3 Å². The standard InChI is InChI=1S/C45H53Cl2NO14/c1-22-28(60-39(55)33(52)32(26-15-11-9-12-16-26)48-40(56)43(8,47)23(2)46)20-45(57)37(61-38(54)27-17-13-10-14-18-27)35-42(7,29(51)19-30-44(35,21-58-30)62-25(4)50)36(53)34(59-24(3)49)31(22)41(45,5)6/h9-18,23,28-30,32-35,37,51-52,57H,19-21H2,1-8H3,(H,48,56)/t23-,28-,29-,30+,32-,33+,34+,35-,37-,42+,43+,44-,45+/m0/s1. The Labute approximate surface area is 369 Å². The summed E-state index contributed by atoms with van der Waals surface area (Å²) in [6.07, 6.45) is -10.7. The van der Waals surface area contributed by atoms with E-state index in [-0.39, 0.29) is 29.7 Å². The predicted molar refractivity (Wildman–Crippen MR) is 221 cm³/mol. The maximum Gasteiger partial charge on any atom is 0.338 e. The number of carbonyl (C=O) groups excluding carboxylic acids is 6. The zero-order chi connectivity index (χ0) is 45.9. The number of hydrogen-bond acceptors (Lipinski definition) is 14. The lowest BCUT2D eigenvalue weighted by Gasteiger charge is -2.67. The SMILES string of the molecule is CC(=O)O[C@H]1C(=O)[C@@]2(C)[C@H]([C@H](OC(=O)c3ccccc3)[C@]3(O)C[C@H](OC(=O)[C@H](O)[C@@H](NC(=O)[C@](C)(Cl)[C@H](C)Cl)c4ccccc4)C(C)=C1C3(C)C)[C@]1(OC(C)=O)CO[C@@H]1C[C@@H]2O. The Balaban J connectivity index is 1.54. The summed E-state index contributed by atoms with van der Waals surface area (Å²) in [5, 5.41) is 39.2. The van der Waals surface area contributed by atoms with E-state index >= 15 is 4.79 Å². The van der Waals surface area contributed by atoms with Gasteiger partial charge in [-0.2, -0.15) is 0 Å². The molecule has 1 saturated heterocycles. The molecule has 3 aliphatic carbocycles. The van der Waals surface area contributed by atoms with Gasteiger partial charge in [0.15, 0.2) is 23.6 Å². The maximum absolute atomic E-state index is 15.5. The molecule has 3 fully saturated rings. The number of rotatable bonds is 11. The molecular weight excluding hydrogens is 849 g/mol. The molecule has 15 nitrogen and oxygen atoms in total. The number of ether oxygens (including phenoxy) is 5. The van der Waals surface area contributed by atoms with E-state index in [1.54, 1.807) is 62.4 Å². The minimum atomic E-state index is -2.42. The van der Waals surface area contributed by atoms with Crippen molar-refractivity contribution in [2.45, 2.75) is 132 Å². The van der Waals surface area contributed by atoms with Crippen LogP contribution in [0.2, 0.25) is 0 Å². The fraction of sp³-hybridized carbons (Fsp3) is 0.556. The van der Waals surface area contributed by atoms with Crippen molar-refractivity contribution in [3.05, 3.63) is 82.9 Å². The van der Waals surface area contributed by atoms with Crippen molar-refractivity contribution < 1.29 is 67.8 Å². The molecule has 2 bridgehead atoms. The van der Waals surface area contributed by atoms with Crippen LogP contribution in [0.15, 0.2) is 71.8 Å². The average molecular weight is 903 g/mol. The molecule has 4 aliphatic rings. The molecule has 2 saturated carbocycles. The Hall–Kier alpha value is -4.38. The number of hydrogen-bond donors (Lipinski definition) is 4. The average Bonchev–Trinajstić information content (AvgIpc) is 3.20. The number of carbonyl (C=O) groups is 6. The molecule has 0 radical (unpaired) electrons. The summed E-state index contributed by atoms with van der Waals surface area (Å²) in [7, 11) is 0. The fourth-order valence-corrected chi connectivity index (χ4v) is 9.99. The van der Waals surface area contributed by atoms with E-state index < -0.39 is 123 Å². The van der Waals surface area contributed by atoms with Gasteiger partial charge in [0.05, 0.1) is 41.0 Å². The molecule has 0 aromatic heterocycles. The summed E-state index contributed by atoms with van der Waals surface area (Å²) in [5.74, 6) is -7.18. The molecule has 2 aromatic carbocycles. The number of ketones is 1. The van der Waals surface area contributed by atoms with Crippen molar-refractivity contribution in [3.8, 4) is 0 Å². The second-order valence-electron chi connectivity index (χ2n) is 17.7. The first kappa shape index (κ1) is 47.1. The number of aliphatic hydroxyl groups excluding tert-OH is 2. The molecule has 1 aliphatic heterocycles. The van der Waals surface area contributed by atoms with Crippen LogP contribution in [-0.2, 0) is 47.7 Å². The molecule has 62 heavy (non-hydrogen) atoms. The Morgan fingerprint density at radius 1 is 0.952 bits per heavy atom. The number of esters is 4. The van der Waals surface area contributed by atoms with Crippen LogP contribution < -0.4 is 5.32 Å². The van der Waals surface area contributed by atoms with Gasteiger partial charge in [-0.1, -0.05) is 62.4 Å². The number of aliphatic hydroxyl groups is 3. The van der Waals surface area contributed by atoms with Crippen molar-refractivity contribution in [2.75, 3.05) is 6.61 Å². The molecule has 13 atom stereocenters. The molecule has 0 unspecified atom stereocenters. The highest BCUT2D eigenvalue weighted by molar-refractivity contribution is 6.40. The number of Topliss-reactive ketones (excluding diaryl/α,β-unsaturated/α-hetero) is 1. The van der Waals surface area contributed by atoms with Crippen molar-refractivity contribution in [2.24, 2.45) is 16.7 Å². The Bertz CT molecular complexity index is 2140. The Morgan fingerprint density at radius 2 is 1.55 bits per heavy atom. The lowest BCUT2D eigenvalue weighted by atomic mass is 9.44. The van der Waals surface area contributed by atoms with E-state index in [1.807, 2.05) is 0 Å². The highest BCUT2D eigenvalue weighted by atomic mass is 35.5. The summed E-state index contributed by atoms with van der Waals surface area (Å²) in [6.45, 7) is 10.8. The summed E-state index contributed by atoms with van der Waals surface area (Å²) in [6, 6.07) is 14.4. The van der Waals surface area contributed by atoms with Crippen LogP contribution in [0.1, 0.15) is 90.2 Å². The number of halogens is 2. The highest BCUT2D eigenvalue weighted by Gasteiger charge is 2.78. The van der Waals surface area contributed by atoms with E-state index in [4.69, 9.17) is 46.9 Å². The van der Waals surface area contributed by atoms with Crippen molar-refractivity contribution in [1.29, 1.82) is 0 Å². The van der Waals surface area contributed by atoms with E-state index in [0.29, 0.717) is 5.56 Å². The molecule has 0 spiro atoms. The molecule has 4 N–H and O–H groups in total. The van der Waals surface area contributed by atoms with Crippen molar-refractivity contribution in [3.63, 3.8) is 0 Å². The summed E-state index contributed by atoms with van der Waals surface area (Å²) in [4.78, 5) is 81.8. The zero-order valence-electron chi connectivity index (χ0n) is 35.7. The number of fused-ring (bicyclic) bond motifs is 5. The van der Waals surface area contributed by atoms with Gasteiger partial charge in [0.1, 0.15) is 28.8 Å². The third-order valence-corrected chi connectivity index (χ3v) is 14.7. The Kier molecular flexibility index (Phi) is 12.9. The molecule has 2 aromatic rings. The van der Waals surface area contributed by atoms with Gasteiger partial charge in [-0.05, 0) is 56.5 Å². The number of alkyl halides is 2. The van der Waals surface area contributed by atoms with Crippen LogP contribution in [0, 0.1) is 16.7 Å². The zero-order valence-corrected chi connectivity index (χ0v) is 37.2. The van der Waals surface area contributed by atoms with Gasteiger partial charge in [-0.3, -0.25) is 19.2 Å². The quantitative estimate of drug-likeness (QED) is 0.108. The van der Waals surface area contributed by atoms with Gasteiger partial charge in [-0.15, -0.1) is 23.2 Å². The largest absolute Gasteiger partial charge is 0.456 e. The van der Waals surface area contributed by atoms with Gasteiger partial charge in [0.25, 0.3) is 0 Å². The monoisotopic (exact) mass is 901 g/mol. The molecule has 1 amide bonds. The molecule has 336 valence electrons. The molecular formula is C45H53Cl2NO14. The third kappa shape index (κ3) is 7.72. The van der Waals surface area contributed by atoms with Gasteiger partial charge in [-0.25, -0.2) is 9.59 Å². The minimum absolute atomic E-state index is 0.0261. The van der Waals surface area contributed by atoms with E-state index in [0.717, 1.165) is 13.8 Å². The fourth-order valence-electron chi connectivity index (χ4n) is 9.83. The third-order valence-electron chi connectivity index (χ3n) is 13.6. The van der Waals surface area contributed by atoms with Crippen LogP contribution in [0.25, 0.3) is 0 Å². The van der Waals surface area contributed by atoms with E-state index in [2.05, 4.69) is 5.32 Å². The van der Waals surface area contributed by atoms with Gasteiger partial charge in [0.2, 0.25) is 5.91 Å². The lowest BCUT2D eigenvalue weighted by molar-refractivity contribution is -0.346. The summed E-state index contributed by atoms with van der Waals surface area (Å²) >= 11 is 12.7. The topological polar surface area (TPSA) is 221 Å². The number of benzene rings is 2. The maximum atomic E-state index is 15.5. The van der Waals surface area contributed by atoms with Crippen LogP contribution >= 0.6 is 23.2 Å². The van der Waals surface area contributed by atoms with Crippen LogP contribution in [0.4, 0.5) is 0 Å². The first-order chi connectivity index (χ1) is 28.9. The number of nitrogens with one attached hydrogen (secondary N) is 1. The molecule has 1 heterocycles. The van der Waals surface area contributed by atoms with Crippen LogP contribution in [0.5, 0.6) is 0 Å². The summed E-state index contributed by atoms with van der Waals surface area (Å²) < 4.78 is 30.2. The first-order valence-electron chi connectivity index (χ1n) is 20.3. The smallest absolute Gasteiger partial charge is 0.338 e. The van der Waals surface area contributed by atoms with Gasteiger partial charge in [0, 0.05) is 32.1 Å². The normalized spacial score (nSPS) is 33.5. The highest BCUT2D eigenvalue weighted by Crippen LogP contribution is 2.64. The number of amides is 1. The first-order valence-corrected chi connectivity index (χ1v) is 21.1.